The summed E-state index contributed by atoms with van der Waals surface area (Å²) < 4.78 is 33.7. The minimum atomic E-state index is -4.19. The average molecular weight is 312 g/mol. The molecule has 0 aliphatic carbocycles. The average Bonchev–Trinajstić information content (AvgIpc) is 2.45. The zero-order chi connectivity index (χ0) is 15.3. The van der Waals surface area contributed by atoms with Crippen LogP contribution in [-0.4, -0.2) is 38.0 Å². The lowest BCUT2D eigenvalue weighted by molar-refractivity contribution is 0.207. The maximum absolute atomic E-state index is 11.1. The Bertz CT molecular complexity index is 525. The quantitative estimate of drug-likeness (QED) is 0.790. The molecule has 6 heteroatoms. The third kappa shape index (κ3) is 5.74. The lowest BCUT2D eigenvalue weighted by atomic mass is 9.89. The molecular formula is C15H24N2O3S. The van der Waals surface area contributed by atoms with Crippen LogP contribution >= 0.6 is 0 Å². The minimum absolute atomic E-state index is 0.360. The van der Waals surface area contributed by atoms with E-state index in [1.165, 1.54) is 0 Å². The van der Waals surface area contributed by atoms with Gasteiger partial charge in [0.1, 0.15) is 0 Å². The molecule has 1 heterocycles. The number of nitrogens with one attached hydrogen (secondary N) is 1. The highest BCUT2D eigenvalue weighted by atomic mass is 32.2. The first kappa shape index (κ1) is 16.4. The summed E-state index contributed by atoms with van der Waals surface area (Å²) in [6.07, 6.45) is 3.99. The van der Waals surface area contributed by atoms with Crippen LogP contribution in [0.2, 0.25) is 0 Å². The molecule has 0 bridgehead atoms. The standard InChI is InChI=1S/C15H24N2O3S/c1-17-11-9-13(10-12-17)7-8-15(16-21(18,19)20)14-5-3-2-4-6-14/h2-6,13,15-16H,7-12H2,1H3,(H,18,19,20). The van der Waals surface area contributed by atoms with Crippen molar-refractivity contribution in [3.8, 4) is 0 Å². The zero-order valence-corrected chi connectivity index (χ0v) is 13.2. The van der Waals surface area contributed by atoms with Crippen LogP contribution in [0.3, 0.4) is 0 Å². The van der Waals surface area contributed by atoms with Crippen LogP contribution in [0, 0.1) is 5.92 Å². The Hall–Kier alpha value is -0.950. The van der Waals surface area contributed by atoms with Crippen molar-refractivity contribution in [3.63, 3.8) is 0 Å². The number of likely N-dealkylation sites (tertiary alicyclic amines) is 1. The van der Waals surface area contributed by atoms with E-state index in [0.29, 0.717) is 12.3 Å². The molecule has 21 heavy (non-hydrogen) atoms. The first-order valence-electron chi connectivity index (χ1n) is 7.42. The number of benzene rings is 1. The molecule has 0 radical (unpaired) electrons. The molecule has 0 saturated carbocycles. The third-order valence-corrected chi connectivity index (χ3v) is 4.78. The Morgan fingerprint density at radius 1 is 1.29 bits per heavy atom. The van der Waals surface area contributed by atoms with Crippen molar-refractivity contribution >= 4 is 10.3 Å². The van der Waals surface area contributed by atoms with E-state index >= 15 is 0 Å². The SMILES string of the molecule is CN1CCC(CCC(NS(=O)(=O)O)c2ccccc2)CC1. The minimum Gasteiger partial charge on any atom is -0.306 e. The maximum Gasteiger partial charge on any atom is 0.333 e. The molecule has 1 saturated heterocycles. The monoisotopic (exact) mass is 312 g/mol. The van der Waals surface area contributed by atoms with E-state index < -0.39 is 10.3 Å². The Morgan fingerprint density at radius 3 is 2.48 bits per heavy atom. The lowest BCUT2D eigenvalue weighted by Gasteiger charge is -2.30. The second-order valence-corrected chi connectivity index (χ2v) is 7.07. The van der Waals surface area contributed by atoms with E-state index in [4.69, 9.17) is 4.55 Å². The van der Waals surface area contributed by atoms with Crippen molar-refractivity contribution in [2.75, 3.05) is 20.1 Å². The summed E-state index contributed by atoms with van der Waals surface area (Å²) in [7, 11) is -2.06. The summed E-state index contributed by atoms with van der Waals surface area (Å²) in [5.41, 5.74) is 0.892. The molecule has 1 atom stereocenters. The fourth-order valence-corrected chi connectivity index (χ4v) is 3.53. The highest BCUT2D eigenvalue weighted by molar-refractivity contribution is 7.83. The summed E-state index contributed by atoms with van der Waals surface area (Å²) in [4.78, 5) is 2.32. The van der Waals surface area contributed by atoms with Gasteiger partial charge in [0.15, 0.2) is 0 Å². The zero-order valence-electron chi connectivity index (χ0n) is 12.4. The Morgan fingerprint density at radius 2 is 1.90 bits per heavy atom. The molecule has 1 aliphatic heterocycles. The predicted octanol–water partition coefficient (Wildman–Crippen LogP) is 2.24. The second-order valence-electron chi connectivity index (χ2n) is 5.88. The van der Waals surface area contributed by atoms with E-state index in [2.05, 4.69) is 16.7 Å². The van der Waals surface area contributed by atoms with Gasteiger partial charge in [-0.2, -0.15) is 13.1 Å². The van der Waals surface area contributed by atoms with Crippen molar-refractivity contribution in [2.24, 2.45) is 5.92 Å². The third-order valence-electron chi connectivity index (χ3n) is 4.19. The highest BCUT2D eigenvalue weighted by Crippen LogP contribution is 2.26. The number of nitrogens with zero attached hydrogens (tertiary/aromatic N) is 1. The van der Waals surface area contributed by atoms with Gasteiger partial charge < -0.3 is 4.90 Å². The Labute approximate surface area is 127 Å². The first-order valence-corrected chi connectivity index (χ1v) is 8.86. The molecule has 1 aromatic carbocycles. The van der Waals surface area contributed by atoms with Crippen LogP contribution in [0.5, 0.6) is 0 Å². The van der Waals surface area contributed by atoms with Gasteiger partial charge in [-0.25, -0.2) is 0 Å². The first-order chi connectivity index (χ1) is 9.94. The fourth-order valence-electron chi connectivity index (χ4n) is 2.91. The van der Waals surface area contributed by atoms with Crippen molar-refractivity contribution in [3.05, 3.63) is 35.9 Å². The van der Waals surface area contributed by atoms with Crippen LogP contribution < -0.4 is 4.72 Å². The van der Waals surface area contributed by atoms with Gasteiger partial charge in [-0.3, -0.25) is 4.55 Å². The number of hydrogen-bond acceptors (Lipinski definition) is 3. The van der Waals surface area contributed by atoms with Gasteiger partial charge in [-0.05, 0) is 57.3 Å². The predicted molar refractivity (Wildman–Crippen MR) is 83.3 cm³/mol. The van der Waals surface area contributed by atoms with Crippen molar-refractivity contribution in [1.82, 2.24) is 9.62 Å². The Balaban J connectivity index is 1.96. The summed E-state index contributed by atoms with van der Waals surface area (Å²) >= 11 is 0. The summed E-state index contributed by atoms with van der Waals surface area (Å²) in [6, 6.07) is 9.06. The lowest BCUT2D eigenvalue weighted by Crippen LogP contribution is -2.31. The molecule has 1 unspecified atom stereocenters. The molecule has 118 valence electrons. The van der Waals surface area contributed by atoms with Crippen LogP contribution in [0.1, 0.15) is 37.3 Å². The van der Waals surface area contributed by atoms with Crippen molar-refractivity contribution < 1.29 is 13.0 Å². The van der Waals surface area contributed by atoms with Gasteiger partial charge in [-0.1, -0.05) is 30.3 Å². The van der Waals surface area contributed by atoms with E-state index in [9.17, 15) is 8.42 Å². The van der Waals surface area contributed by atoms with Crippen LogP contribution in [0.4, 0.5) is 0 Å². The Kier molecular flexibility index (Phi) is 5.75. The van der Waals surface area contributed by atoms with Gasteiger partial charge in [0.05, 0.1) is 0 Å². The van der Waals surface area contributed by atoms with Gasteiger partial charge >= 0.3 is 10.3 Å². The van der Waals surface area contributed by atoms with Gasteiger partial charge in [0.25, 0.3) is 0 Å². The van der Waals surface area contributed by atoms with E-state index in [0.717, 1.165) is 37.9 Å². The van der Waals surface area contributed by atoms with Gasteiger partial charge in [0.2, 0.25) is 0 Å². The molecule has 1 aromatic rings. The van der Waals surface area contributed by atoms with Crippen LogP contribution in [-0.2, 0) is 10.3 Å². The molecule has 1 aliphatic rings. The normalized spacial score (nSPS) is 19.5. The molecular weight excluding hydrogens is 288 g/mol. The van der Waals surface area contributed by atoms with Crippen molar-refractivity contribution in [1.29, 1.82) is 0 Å². The van der Waals surface area contributed by atoms with E-state index in [1.807, 2.05) is 30.3 Å². The number of piperidine rings is 1. The molecule has 0 amide bonds. The maximum atomic E-state index is 11.1. The largest absolute Gasteiger partial charge is 0.333 e. The van der Waals surface area contributed by atoms with Crippen LogP contribution in [0.25, 0.3) is 0 Å². The molecule has 0 aromatic heterocycles. The molecule has 2 rings (SSSR count). The molecule has 5 nitrogen and oxygen atoms in total. The smallest absolute Gasteiger partial charge is 0.306 e. The number of hydrogen-bond donors (Lipinski definition) is 2. The second kappa shape index (κ2) is 7.35. The highest BCUT2D eigenvalue weighted by Gasteiger charge is 2.21. The van der Waals surface area contributed by atoms with Gasteiger partial charge in [0, 0.05) is 6.04 Å². The van der Waals surface area contributed by atoms with Crippen molar-refractivity contribution in [2.45, 2.75) is 31.7 Å². The molecule has 2 N–H and O–H groups in total. The van der Waals surface area contributed by atoms with E-state index in [1.54, 1.807) is 0 Å². The summed E-state index contributed by atoms with van der Waals surface area (Å²) in [5, 5.41) is 0. The molecule has 0 spiro atoms. The van der Waals surface area contributed by atoms with Crippen LogP contribution in [0.15, 0.2) is 30.3 Å². The summed E-state index contributed by atoms with van der Waals surface area (Å²) in [5.74, 6) is 0.635. The summed E-state index contributed by atoms with van der Waals surface area (Å²) in [6.45, 7) is 2.21. The topological polar surface area (TPSA) is 69.6 Å². The van der Waals surface area contributed by atoms with E-state index in [-0.39, 0.29) is 6.04 Å². The van der Waals surface area contributed by atoms with Gasteiger partial charge in [-0.15, -0.1) is 0 Å². The fraction of sp³-hybridized carbons (Fsp3) is 0.600. The number of rotatable bonds is 6. The molecule has 1 fully saturated rings.